The number of aliphatic hydroxyl groups is 1. The topological polar surface area (TPSA) is 50.1 Å². The molecular formula is C11H18ClN3O. The van der Waals surface area contributed by atoms with Gasteiger partial charge in [-0.3, -0.25) is 4.68 Å². The van der Waals surface area contributed by atoms with Gasteiger partial charge in [-0.15, -0.1) is 0 Å². The standard InChI is InChI=1S/C11H18ClN3O/c1-2-6-15-10(8(12)7-14-15)11(16)9-4-3-5-13-9/h7,9,11,13,16H,2-6H2,1H3. The smallest absolute Gasteiger partial charge is 0.112 e. The molecule has 2 unspecified atom stereocenters. The van der Waals surface area contributed by atoms with Crippen molar-refractivity contribution in [3.8, 4) is 0 Å². The summed E-state index contributed by atoms with van der Waals surface area (Å²) in [5, 5.41) is 18.3. The molecule has 1 aromatic heterocycles. The zero-order chi connectivity index (χ0) is 11.5. The van der Waals surface area contributed by atoms with Gasteiger partial charge in [0.25, 0.3) is 0 Å². The van der Waals surface area contributed by atoms with Crippen LogP contribution in [-0.2, 0) is 6.54 Å². The van der Waals surface area contributed by atoms with E-state index >= 15 is 0 Å². The third-order valence-electron chi connectivity index (χ3n) is 3.03. The Morgan fingerprint density at radius 3 is 3.19 bits per heavy atom. The molecule has 0 spiro atoms. The normalized spacial score (nSPS) is 22.6. The van der Waals surface area contributed by atoms with Crippen LogP contribution >= 0.6 is 11.6 Å². The molecule has 0 saturated carbocycles. The quantitative estimate of drug-likeness (QED) is 0.847. The van der Waals surface area contributed by atoms with E-state index in [1.54, 1.807) is 6.20 Å². The fourth-order valence-electron chi connectivity index (χ4n) is 2.23. The first kappa shape index (κ1) is 11.9. The zero-order valence-corrected chi connectivity index (χ0v) is 10.2. The van der Waals surface area contributed by atoms with E-state index in [4.69, 9.17) is 11.6 Å². The molecule has 1 fully saturated rings. The van der Waals surface area contributed by atoms with Crippen molar-refractivity contribution in [2.45, 2.75) is 44.9 Å². The second-order valence-electron chi connectivity index (χ2n) is 4.25. The number of rotatable bonds is 4. The van der Waals surface area contributed by atoms with Crippen LogP contribution in [0.25, 0.3) is 0 Å². The summed E-state index contributed by atoms with van der Waals surface area (Å²) in [6.45, 7) is 3.85. The first-order valence-corrected chi connectivity index (χ1v) is 6.24. The van der Waals surface area contributed by atoms with Gasteiger partial charge < -0.3 is 10.4 Å². The molecule has 0 aromatic carbocycles. The number of nitrogens with one attached hydrogen (secondary N) is 1. The van der Waals surface area contributed by atoms with Gasteiger partial charge >= 0.3 is 0 Å². The van der Waals surface area contributed by atoms with Crippen LogP contribution < -0.4 is 5.32 Å². The van der Waals surface area contributed by atoms with Crippen LogP contribution in [0, 0.1) is 0 Å². The van der Waals surface area contributed by atoms with Crippen LogP contribution in [0.2, 0.25) is 5.02 Å². The van der Waals surface area contributed by atoms with E-state index in [-0.39, 0.29) is 6.04 Å². The number of aromatic nitrogens is 2. The zero-order valence-electron chi connectivity index (χ0n) is 9.49. The molecule has 2 heterocycles. The van der Waals surface area contributed by atoms with Crippen LogP contribution in [0.1, 0.15) is 38.0 Å². The summed E-state index contributed by atoms with van der Waals surface area (Å²) in [6.07, 6.45) is 4.15. The van der Waals surface area contributed by atoms with Gasteiger partial charge in [-0.1, -0.05) is 18.5 Å². The lowest BCUT2D eigenvalue weighted by molar-refractivity contribution is 0.127. The average Bonchev–Trinajstić information content (AvgIpc) is 2.88. The Labute approximate surface area is 101 Å². The summed E-state index contributed by atoms with van der Waals surface area (Å²) in [7, 11) is 0. The molecule has 2 rings (SSSR count). The van der Waals surface area contributed by atoms with E-state index in [1.165, 1.54) is 0 Å². The second kappa shape index (κ2) is 5.17. The number of aryl methyl sites for hydroxylation is 1. The lowest BCUT2D eigenvalue weighted by Crippen LogP contribution is -2.30. The number of hydrogen-bond donors (Lipinski definition) is 2. The molecule has 1 aliphatic rings. The van der Waals surface area contributed by atoms with Crippen molar-refractivity contribution in [2.75, 3.05) is 6.54 Å². The third kappa shape index (κ3) is 2.24. The SMILES string of the molecule is CCCn1ncc(Cl)c1C(O)C1CCCN1. The van der Waals surface area contributed by atoms with E-state index in [0.29, 0.717) is 5.02 Å². The second-order valence-corrected chi connectivity index (χ2v) is 4.66. The maximum atomic E-state index is 10.3. The predicted octanol–water partition coefficient (Wildman–Crippen LogP) is 1.73. The Balaban J connectivity index is 2.19. The van der Waals surface area contributed by atoms with Crippen LogP contribution in [0.3, 0.4) is 0 Å². The first-order valence-electron chi connectivity index (χ1n) is 5.86. The first-order chi connectivity index (χ1) is 7.74. The summed E-state index contributed by atoms with van der Waals surface area (Å²) in [4.78, 5) is 0. The molecule has 90 valence electrons. The van der Waals surface area contributed by atoms with Gasteiger partial charge in [-0.25, -0.2) is 0 Å². The molecule has 0 amide bonds. The molecule has 4 nitrogen and oxygen atoms in total. The van der Waals surface area contributed by atoms with Gasteiger partial charge in [0.15, 0.2) is 0 Å². The van der Waals surface area contributed by atoms with E-state index in [1.807, 2.05) is 4.68 Å². The van der Waals surface area contributed by atoms with E-state index < -0.39 is 6.10 Å². The Bertz CT molecular complexity index is 347. The minimum absolute atomic E-state index is 0.116. The average molecular weight is 244 g/mol. The van der Waals surface area contributed by atoms with Crippen LogP contribution in [0.5, 0.6) is 0 Å². The van der Waals surface area contributed by atoms with Gasteiger partial charge in [0, 0.05) is 12.6 Å². The molecule has 16 heavy (non-hydrogen) atoms. The van der Waals surface area contributed by atoms with Crippen LogP contribution in [-0.4, -0.2) is 27.5 Å². The lowest BCUT2D eigenvalue weighted by Gasteiger charge is -2.20. The molecule has 2 N–H and O–H groups in total. The Hall–Kier alpha value is -0.580. The van der Waals surface area contributed by atoms with Gasteiger partial charge in [0.1, 0.15) is 6.10 Å². The van der Waals surface area contributed by atoms with Crippen LogP contribution in [0.15, 0.2) is 6.20 Å². The van der Waals surface area contributed by atoms with Gasteiger partial charge in [-0.2, -0.15) is 5.10 Å². The van der Waals surface area contributed by atoms with Crippen molar-refractivity contribution in [2.24, 2.45) is 0 Å². The maximum absolute atomic E-state index is 10.3. The molecule has 0 aliphatic carbocycles. The van der Waals surface area contributed by atoms with Gasteiger partial charge in [0.2, 0.25) is 0 Å². The number of aliphatic hydroxyl groups excluding tert-OH is 1. The van der Waals surface area contributed by atoms with E-state index in [9.17, 15) is 5.11 Å². The van der Waals surface area contributed by atoms with Crippen molar-refractivity contribution in [3.63, 3.8) is 0 Å². The minimum atomic E-state index is -0.552. The molecule has 1 aromatic rings. The molecule has 1 aliphatic heterocycles. The molecular weight excluding hydrogens is 226 g/mol. The minimum Gasteiger partial charge on any atom is -0.385 e. The summed E-state index contributed by atoms with van der Waals surface area (Å²) < 4.78 is 1.81. The summed E-state index contributed by atoms with van der Waals surface area (Å²) in [5.41, 5.74) is 0.753. The summed E-state index contributed by atoms with van der Waals surface area (Å²) in [5.74, 6) is 0. The highest BCUT2D eigenvalue weighted by molar-refractivity contribution is 6.31. The number of nitrogens with zero attached hydrogens (tertiary/aromatic N) is 2. The predicted molar refractivity (Wildman–Crippen MR) is 63.5 cm³/mol. The molecule has 0 bridgehead atoms. The Kier molecular flexibility index (Phi) is 3.84. The van der Waals surface area contributed by atoms with Crippen molar-refractivity contribution in [1.29, 1.82) is 0 Å². The van der Waals surface area contributed by atoms with Crippen molar-refractivity contribution >= 4 is 11.6 Å². The number of hydrogen-bond acceptors (Lipinski definition) is 3. The van der Waals surface area contributed by atoms with E-state index in [0.717, 1.165) is 38.0 Å². The molecule has 0 radical (unpaired) electrons. The van der Waals surface area contributed by atoms with Crippen molar-refractivity contribution in [1.82, 2.24) is 15.1 Å². The molecule has 2 atom stereocenters. The maximum Gasteiger partial charge on any atom is 0.112 e. The highest BCUT2D eigenvalue weighted by atomic mass is 35.5. The number of halogens is 1. The van der Waals surface area contributed by atoms with Crippen molar-refractivity contribution in [3.05, 3.63) is 16.9 Å². The highest BCUT2D eigenvalue weighted by Gasteiger charge is 2.28. The third-order valence-corrected chi connectivity index (χ3v) is 3.32. The van der Waals surface area contributed by atoms with Gasteiger partial charge in [0.05, 0.1) is 16.9 Å². The summed E-state index contributed by atoms with van der Waals surface area (Å²) >= 11 is 6.08. The lowest BCUT2D eigenvalue weighted by atomic mass is 10.1. The van der Waals surface area contributed by atoms with Crippen LogP contribution in [0.4, 0.5) is 0 Å². The fourth-order valence-corrected chi connectivity index (χ4v) is 2.48. The summed E-state index contributed by atoms with van der Waals surface area (Å²) in [6, 6.07) is 0.116. The van der Waals surface area contributed by atoms with Gasteiger partial charge in [-0.05, 0) is 25.8 Å². The fraction of sp³-hybridized carbons (Fsp3) is 0.727. The molecule has 1 saturated heterocycles. The van der Waals surface area contributed by atoms with E-state index in [2.05, 4.69) is 17.3 Å². The monoisotopic (exact) mass is 243 g/mol. The van der Waals surface area contributed by atoms with Crippen molar-refractivity contribution < 1.29 is 5.11 Å². The Morgan fingerprint density at radius 1 is 1.75 bits per heavy atom. The Morgan fingerprint density at radius 2 is 2.56 bits per heavy atom. The largest absolute Gasteiger partial charge is 0.385 e. The molecule has 5 heteroatoms. The highest BCUT2D eigenvalue weighted by Crippen LogP contribution is 2.28.